The van der Waals surface area contributed by atoms with Crippen LogP contribution in [0, 0.1) is 6.92 Å². The highest BCUT2D eigenvalue weighted by molar-refractivity contribution is 6.08. The van der Waals surface area contributed by atoms with Crippen molar-refractivity contribution in [3.05, 3.63) is 514 Å². The van der Waals surface area contributed by atoms with Crippen LogP contribution in [0.15, 0.2) is 497 Å². The van der Waals surface area contributed by atoms with E-state index in [1.807, 2.05) is 0 Å². The third kappa shape index (κ3) is 18.2. The van der Waals surface area contributed by atoms with Gasteiger partial charge in [0.15, 0.2) is 0 Å². The number of aryl methyl sites for hydroxylation is 1. The molecule has 0 radical (unpaired) electrons. The maximum Gasteiger partial charge on any atom is 0.0474 e. The van der Waals surface area contributed by atoms with Gasteiger partial charge in [0.05, 0.1) is 0 Å². The summed E-state index contributed by atoms with van der Waals surface area (Å²) in [5, 5.41) is 10.00. The number of benzene rings is 21. The van der Waals surface area contributed by atoms with Gasteiger partial charge in [-0.1, -0.05) is 416 Å². The van der Waals surface area contributed by atoms with E-state index in [1.165, 1.54) is 160 Å². The van der Waals surface area contributed by atoms with Crippen molar-refractivity contribution in [2.24, 2.45) is 0 Å². The summed E-state index contributed by atoms with van der Waals surface area (Å²) in [7, 11) is 0. The number of hydrogen-bond donors (Lipinski definition) is 0. The Kier molecular flexibility index (Phi) is 24.0. The maximum absolute atomic E-state index is 2.41. The summed E-state index contributed by atoms with van der Waals surface area (Å²) in [5.74, 6) is 0.452. The van der Waals surface area contributed by atoms with E-state index in [0.29, 0.717) is 5.92 Å². The molecule has 21 rings (SSSR count). The van der Waals surface area contributed by atoms with Gasteiger partial charge in [0.25, 0.3) is 0 Å². The third-order valence-corrected chi connectivity index (χ3v) is 24.7. The van der Waals surface area contributed by atoms with Crippen molar-refractivity contribution >= 4 is 94.3 Å². The number of rotatable bonds is 18. The Morgan fingerprint density at radius 2 is 0.496 bits per heavy atom. The van der Waals surface area contributed by atoms with Crippen LogP contribution in [0.4, 0.5) is 51.2 Å². The van der Waals surface area contributed by atoms with Crippen LogP contribution >= 0.6 is 0 Å². The normalized spacial score (nSPS) is 11.2. The van der Waals surface area contributed by atoms with E-state index in [2.05, 4.69) is 554 Å². The van der Waals surface area contributed by atoms with Crippen LogP contribution < -0.4 is 14.7 Å². The molecule has 0 bridgehead atoms. The van der Waals surface area contributed by atoms with Crippen molar-refractivity contribution < 1.29 is 0 Å². The summed E-state index contributed by atoms with van der Waals surface area (Å²) in [5.41, 5.74) is 33.7. The standard InChI is InChI=1S/C46H33N.C41H39N.C39H29N/c1-5-14-34(15-6-1)36-24-28-40(29-25-36)47(41-30-26-37(27-31-41)35-16-7-2-8-17-35)42-32-45(39-20-11-4-12-21-39)44-23-13-22-43(46(44)33-42)38-18-9-3-10-19-38;1-29(2)31-17-11-20-36(25-31)42(38-22-13-19-35(28-38)41(3,4)5)37-21-12-18-32(26-37)34-24-33-16-9-10-23-39(33)40(27-34)30-14-7-6-8-15-30;1-28-18-22-33(23-19-28)40(34-24-20-31(21-25-34)37-17-9-14-29-12-5-7-15-36(29)37)35-26-32-13-6-8-16-38(32)39(27-35)30-10-3-2-4-11-30/h1-33H;6-29H,1-5H3;2-27H,1H3. The van der Waals surface area contributed by atoms with Gasteiger partial charge in [0, 0.05) is 51.2 Å². The van der Waals surface area contributed by atoms with Gasteiger partial charge in [-0.05, 0) is 283 Å². The fraction of sp³-hybridized carbons (Fsp3) is 0.0635. The third-order valence-electron chi connectivity index (χ3n) is 24.7. The predicted octanol–water partition coefficient (Wildman–Crippen LogP) is 36.1. The molecular formula is C126H101N3. The summed E-state index contributed by atoms with van der Waals surface area (Å²) in [6.07, 6.45) is 0. The summed E-state index contributed by atoms with van der Waals surface area (Å²) < 4.78 is 0. The molecule has 0 heterocycles. The lowest BCUT2D eigenvalue weighted by Gasteiger charge is -2.29. The van der Waals surface area contributed by atoms with Gasteiger partial charge < -0.3 is 14.7 Å². The molecule has 0 N–H and O–H groups in total. The van der Waals surface area contributed by atoms with Crippen LogP contribution in [-0.4, -0.2) is 0 Å². The van der Waals surface area contributed by atoms with Crippen LogP contribution in [-0.2, 0) is 5.41 Å². The van der Waals surface area contributed by atoms with Crippen molar-refractivity contribution in [1.29, 1.82) is 0 Å². The summed E-state index contributed by atoms with van der Waals surface area (Å²) in [6, 6.07) is 180. The van der Waals surface area contributed by atoms with Crippen LogP contribution in [0.25, 0.3) is 132 Å². The van der Waals surface area contributed by atoms with Crippen molar-refractivity contribution in [3.8, 4) is 89.0 Å². The molecule has 129 heavy (non-hydrogen) atoms. The zero-order valence-electron chi connectivity index (χ0n) is 73.8. The molecule has 0 aliphatic heterocycles. The van der Waals surface area contributed by atoms with Crippen molar-refractivity contribution in [2.75, 3.05) is 14.7 Å². The molecule has 21 aromatic rings. The highest BCUT2D eigenvalue weighted by Gasteiger charge is 2.24. The maximum atomic E-state index is 2.41. The molecule has 0 unspecified atom stereocenters. The Bertz CT molecular complexity index is 7350. The van der Waals surface area contributed by atoms with Gasteiger partial charge in [-0.25, -0.2) is 0 Å². The van der Waals surface area contributed by atoms with Crippen molar-refractivity contribution in [1.82, 2.24) is 0 Å². The fourth-order valence-corrected chi connectivity index (χ4v) is 18.0. The van der Waals surface area contributed by atoms with E-state index < -0.39 is 0 Å². The largest absolute Gasteiger partial charge is 0.310 e. The Morgan fingerprint density at radius 1 is 0.178 bits per heavy atom. The molecule has 0 saturated heterocycles. The van der Waals surface area contributed by atoms with E-state index in [4.69, 9.17) is 0 Å². The molecule has 0 aromatic heterocycles. The second kappa shape index (κ2) is 37.5. The van der Waals surface area contributed by atoms with Gasteiger partial charge in [-0.3, -0.25) is 0 Å². The lowest BCUT2D eigenvalue weighted by Crippen LogP contribution is -2.14. The lowest BCUT2D eigenvalue weighted by atomic mass is 9.86. The quantitative estimate of drug-likeness (QED) is 0.0848. The fourth-order valence-electron chi connectivity index (χ4n) is 18.0. The van der Waals surface area contributed by atoms with Crippen LogP contribution in [0.5, 0.6) is 0 Å². The minimum absolute atomic E-state index is 0.0578. The highest BCUT2D eigenvalue weighted by Crippen LogP contribution is 2.48. The van der Waals surface area contributed by atoms with E-state index in [1.54, 1.807) is 0 Å². The van der Waals surface area contributed by atoms with Gasteiger partial charge in [-0.15, -0.1) is 0 Å². The topological polar surface area (TPSA) is 9.72 Å². The smallest absolute Gasteiger partial charge is 0.0474 e. The number of hydrogen-bond acceptors (Lipinski definition) is 3. The van der Waals surface area contributed by atoms with E-state index >= 15 is 0 Å². The van der Waals surface area contributed by atoms with Crippen LogP contribution in [0.2, 0.25) is 0 Å². The summed E-state index contributed by atoms with van der Waals surface area (Å²) >= 11 is 0. The molecule has 620 valence electrons. The van der Waals surface area contributed by atoms with E-state index in [-0.39, 0.29) is 5.41 Å². The van der Waals surface area contributed by atoms with Crippen molar-refractivity contribution in [2.45, 2.75) is 52.9 Å². The van der Waals surface area contributed by atoms with Crippen LogP contribution in [0.1, 0.15) is 57.2 Å². The first-order chi connectivity index (χ1) is 63.3. The predicted molar refractivity (Wildman–Crippen MR) is 554 cm³/mol. The highest BCUT2D eigenvalue weighted by atomic mass is 15.2. The average molecular weight is 1660 g/mol. The second-order valence-corrected chi connectivity index (χ2v) is 34.7. The Morgan fingerprint density at radius 3 is 0.992 bits per heavy atom. The Labute approximate surface area is 759 Å². The lowest BCUT2D eigenvalue weighted by molar-refractivity contribution is 0.590. The molecule has 3 heteroatoms. The van der Waals surface area contributed by atoms with Crippen molar-refractivity contribution in [3.63, 3.8) is 0 Å². The van der Waals surface area contributed by atoms with Crippen LogP contribution in [0.3, 0.4) is 0 Å². The molecule has 0 spiro atoms. The van der Waals surface area contributed by atoms with Gasteiger partial charge in [0.1, 0.15) is 0 Å². The molecular weight excluding hydrogens is 1560 g/mol. The Balaban J connectivity index is 0.000000126. The molecule has 0 saturated carbocycles. The minimum Gasteiger partial charge on any atom is -0.310 e. The zero-order chi connectivity index (χ0) is 87.6. The van der Waals surface area contributed by atoms with E-state index in [9.17, 15) is 0 Å². The first-order valence-electron chi connectivity index (χ1n) is 44.9. The summed E-state index contributed by atoms with van der Waals surface area (Å²) in [6.45, 7) is 13.5. The molecule has 21 aromatic carbocycles. The molecule has 0 atom stereocenters. The van der Waals surface area contributed by atoms with Gasteiger partial charge >= 0.3 is 0 Å². The molecule has 0 aliphatic carbocycles. The number of nitrogens with zero attached hydrogens (tertiary/aromatic N) is 3. The number of anilines is 9. The van der Waals surface area contributed by atoms with E-state index in [0.717, 1.165) is 39.8 Å². The van der Waals surface area contributed by atoms with Gasteiger partial charge in [-0.2, -0.15) is 0 Å². The number of fused-ring (bicyclic) bond motifs is 4. The van der Waals surface area contributed by atoms with Gasteiger partial charge in [0.2, 0.25) is 0 Å². The monoisotopic (exact) mass is 1660 g/mol. The molecule has 0 aliphatic rings. The SMILES string of the molecule is CC(C)c1cccc(N(c2cccc(-c3cc(-c4ccccc4)c4ccccc4c3)c2)c2cccc(C(C)(C)C)c2)c1.Cc1ccc(N(c2ccc(-c3cccc4ccccc34)cc2)c2cc(-c3ccccc3)c3ccccc3c2)cc1.c1ccc(-c2ccc(N(c3ccc(-c4ccccc4)cc3)c3cc(-c4ccccc4)c4cccc(-c5ccccc5)c4c3)cc2)cc1. The molecule has 3 nitrogen and oxygen atoms in total. The molecule has 0 fully saturated rings. The first-order valence-corrected chi connectivity index (χ1v) is 44.9. The average Bonchev–Trinajstić information content (AvgIpc) is 0.757. The molecule has 0 amide bonds. The summed E-state index contributed by atoms with van der Waals surface area (Å²) in [4.78, 5) is 7.16. The first kappa shape index (κ1) is 82.7. The second-order valence-electron chi connectivity index (χ2n) is 34.7. The minimum atomic E-state index is 0.0578. The Hall–Kier alpha value is -15.9. The zero-order valence-corrected chi connectivity index (χ0v) is 73.8.